The molecule has 0 atom stereocenters. The lowest BCUT2D eigenvalue weighted by molar-refractivity contribution is -0.142. The van der Waals surface area contributed by atoms with Crippen LogP contribution in [-0.2, 0) is 0 Å². The van der Waals surface area contributed by atoms with Crippen molar-refractivity contribution in [1.82, 2.24) is 15.5 Å². The van der Waals surface area contributed by atoms with Crippen LogP contribution in [0.25, 0.3) is 0 Å². The number of guanidine groups is 1. The molecule has 9 heteroatoms. The Morgan fingerprint density at radius 1 is 1.29 bits per heavy atom. The molecule has 1 aliphatic rings. The zero-order chi connectivity index (χ0) is 20.6. The number of aliphatic imine (C=N–C) groups is 1. The Bertz CT molecular complexity index is 627. The number of nitrogens with one attached hydrogen (secondary N) is 2. The normalized spacial score (nSPS) is 16.5. The summed E-state index contributed by atoms with van der Waals surface area (Å²) in [6.45, 7) is 3.79. The van der Waals surface area contributed by atoms with E-state index in [1.807, 2.05) is 13.0 Å². The molecule has 1 heterocycles. The predicted octanol–water partition coefficient (Wildman–Crippen LogP) is 2.84. The zero-order valence-electron chi connectivity index (χ0n) is 16.4. The van der Waals surface area contributed by atoms with Crippen LogP contribution in [0.2, 0.25) is 0 Å². The van der Waals surface area contributed by atoms with Crippen molar-refractivity contribution in [2.24, 2.45) is 4.99 Å². The van der Waals surface area contributed by atoms with E-state index in [1.165, 1.54) is 24.1 Å². The lowest BCUT2D eigenvalue weighted by atomic mass is 10.0. The second-order valence-electron chi connectivity index (χ2n) is 7.00. The van der Waals surface area contributed by atoms with Gasteiger partial charge in [-0.25, -0.2) is 4.39 Å². The highest BCUT2D eigenvalue weighted by molar-refractivity contribution is 5.80. The first-order valence-corrected chi connectivity index (χ1v) is 9.57. The minimum Gasteiger partial charge on any atom is -0.371 e. The first-order valence-electron chi connectivity index (χ1n) is 9.57. The number of halogens is 4. The highest BCUT2D eigenvalue weighted by Gasteiger charge is 2.28. The smallest absolute Gasteiger partial charge is 0.371 e. The van der Waals surface area contributed by atoms with E-state index in [4.69, 9.17) is 0 Å². The average molecular weight is 403 g/mol. The molecule has 0 saturated carbocycles. The topological polar surface area (TPSA) is 42.9 Å². The third-order valence-electron chi connectivity index (χ3n) is 4.55. The quantitative estimate of drug-likeness (QED) is 0.418. The third-order valence-corrected chi connectivity index (χ3v) is 4.55. The minimum absolute atomic E-state index is 0.218. The molecule has 0 bridgehead atoms. The van der Waals surface area contributed by atoms with Crippen molar-refractivity contribution in [1.29, 1.82) is 0 Å². The molecule has 1 fully saturated rings. The van der Waals surface area contributed by atoms with Crippen molar-refractivity contribution in [3.8, 4) is 0 Å². The summed E-state index contributed by atoms with van der Waals surface area (Å²) in [6, 6.07) is 6.80. The first-order chi connectivity index (χ1) is 13.3. The average Bonchev–Trinajstić information content (AvgIpc) is 2.61. The Morgan fingerprint density at radius 3 is 2.61 bits per heavy atom. The molecule has 2 N–H and O–H groups in total. The number of alkyl halides is 3. The number of hydrogen-bond donors (Lipinski definition) is 2. The van der Waals surface area contributed by atoms with Gasteiger partial charge < -0.3 is 15.5 Å². The summed E-state index contributed by atoms with van der Waals surface area (Å²) in [6.07, 6.45) is -2.46. The summed E-state index contributed by atoms with van der Waals surface area (Å²) in [5.41, 5.74) is 0.881. The molecule has 0 unspecified atom stereocenters. The second kappa shape index (κ2) is 10.5. The highest BCUT2D eigenvalue weighted by atomic mass is 19.4. The minimum atomic E-state index is -4.20. The van der Waals surface area contributed by atoms with E-state index in [-0.39, 0.29) is 24.9 Å². The standard InChI is InChI=1S/C19H29F4N5/c1-3-24-18(25-9-12-27(2)14-19(21,22)23)26-16-7-10-28(11-8-16)17-6-4-5-15(20)13-17/h4-6,13,16H,3,7-12,14H2,1-2H3,(H2,24,25,26). The molecule has 0 aliphatic carbocycles. The van der Waals surface area contributed by atoms with Crippen LogP contribution >= 0.6 is 0 Å². The molecule has 1 aliphatic heterocycles. The van der Waals surface area contributed by atoms with Gasteiger partial charge in [-0.2, -0.15) is 13.2 Å². The van der Waals surface area contributed by atoms with E-state index in [9.17, 15) is 17.6 Å². The van der Waals surface area contributed by atoms with Gasteiger partial charge in [-0.05, 0) is 45.0 Å². The Balaban J connectivity index is 1.81. The number of anilines is 1. The Labute approximate surface area is 163 Å². The van der Waals surface area contributed by atoms with E-state index in [2.05, 4.69) is 20.5 Å². The number of hydrogen-bond acceptors (Lipinski definition) is 3. The maximum atomic E-state index is 13.4. The molecule has 1 saturated heterocycles. The summed E-state index contributed by atoms with van der Waals surface area (Å²) in [4.78, 5) is 7.75. The van der Waals surface area contributed by atoms with Crippen molar-refractivity contribution < 1.29 is 17.6 Å². The number of piperidine rings is 1. The molecule has 158 valence electrons. The van der Waals surface area contributed by atoms with Gasteiger partial charge in [0, 0.05) is 37.9 Å². The van der Waals surface area contributed by atoms with Crippen molar-refractivity contribution in [2.45, 2.75) is 32.0 Å². The van der Waals surface area contributed by atoms with Gasteiger partial charge in [-0.3, -0.25) is 9.89 Å². The molecule has 5 nitrogen and oxygen atoms in total. The maximum Gasteiger partial charge on any atom is 0.401 e. The molecule has 0 amide bonds. The van der Waals surface area contributed by atoms with E-state index in [1.54, 1.807) is 6.07 Å². The van der Waals surface area contributed by atoms with E-state index >= 15 is 0 Å². The Kier molecular flexibility index (Phi) is 8.35. The summed E-state index contributed by atoms with van der Waals surface area (Å²) < 4.78 is 50.5. The largest absolute Gasteiger partial charge is 0.401 e. The molecule has 28 heavy (non-hydrogen) atoms. The summed E-state index contributed by atoms with van der Waals surface area (Å²) in [5.74, 6) is 0.377. The van der Waals surface area contributed by atoms with Gasteiger partial charge in [0.25, 0.3) is 0 Å². The second-order valence-corrected chi connectivity index (χ2v) is 7.00. The summed E-state index contributed by atoms with van der Waals surface area (Å²) in [5, 5.41) is 6.50. The van der Waals surface area contributed by atoms with Crippen LogP contribution in [0.15, 0.2) is 29.3 Å². The number of benzene rings is 1. The predicted molar refractivity (Wildman–Crippen MR) is 104 cm³/mol. The van der Waals surface area contributed by atoms with Crippen LogP contribution in [0.3, 0.4) is 0 Å². The molecule has 0 spiro atoms. The SMILES string of the molecule is CCNC(=NCCN(C)CC(F)(F)F)NC1CCN(c2cccc(F)c2)CC1. The van der Waals surface area contributed by atoms with Gasteiger partial charge in [0.2, 0.25) is 0 Å². The lowest BCUT2D eigenvalue weighted by Gasteiger charge is -2.34. The van der Waals surface area contributed by atoms with Crippen molar-refractivity contribution in [2.75, 3.05) is 51.2 Å². The van der Waals surface area contributed by atoms with Crippen molar-refractivity contribution in [3.05, 3.63) is 30.1 Å². The monoisotopic (exact) mass is 403 g/mol. The van der Waals surface area contributed by atoms with Gasteiger partial charge in [-0.1, -0.05) is 6.07 Å². The highest BCUT2D eigenvalue weighted by Crippen LogP contribution is 2.20. The van der Waals surface area contributed by atoms with Crippen LogP contribution in [0.1, 0.15) is 19.8 Å². The maximum absolute atomic E-state index is 13.4. The molecule has 0 aromatic heterocycles. The number of rotatable bonds is 7. The van der Waals surface area contributed by atoms with E-state index < -0.39 is 12.7 Å². The molecule has 1 aromatic rings. The summed E-state index contributed by atoms with van der Waals surface area (Å²) in [7, 11) is 1.44. The van der Waals surface area contributed by atoms with Crippen LogP contribution in [0.4, 0.5) is 23.2 Å². The summed E-state index contributed by atoms with van der Waals surface area (Å²) >= 11 is 0. The number of nitrogens with zero attached hydrogens (tertiary/aromatic N) is 3. The van der Waals surface area contributed by atoms with Crippen LogP contribution < -0.4 is 15.5 Å². The van der Waals surface area contributed by atoms with Crippen molar-refractivity contribution >= 4 is 11.6 Å². The van der Waals surface area contributed by atoms with E-state index in [0.717, 1.165) is 31.6 Å². The first kappa shape index (κ1) is 22.3. The lowest BCUT2D eigenvalue weighted by Crippen LogP contribution is -2.49. The van der Waals surface area contributed by atoms with E-state index in [0.29, 0.717) is 12.5 Å². The van der Waals surface area contributed by atoms with Crippen LogP contribution in [0.5, 0.6) is 0 Å². The molecule has 2 rings (SSSR count). The fourth-order valence-electron chi connectivity index (χ4n) is 3.19. The molecular formula is C19H29F4N5. The van der Waals surface area contributed by atoms with Gasteiger partial charge in [0.1, 0.15) is 5.82 Å². The molecular weight excluding hydrogens is 374 g/mol. The number of likely N-dealkylation sites (N-methyl/N-ethyl adjacent to an activating group) is 1. The van der Waals surface area contributed by atoms with Gasteiger partial charge >= 0.3 is 6.18 Å². The van der Waals surface area contributed by atoms with Gasteiger partial charge in [-0.15, -0.1) is 0 Å². The van der Waals surface area contributed by atoms with Crippen LogP contribution in [-0.4, -0.2) is 69.4 Å². The van der Waals surface area contributed by atoms with Crippen molar-refractivity contribution in [3.63, 3.8) is 0 Å². The third kappa shape index (κ3) is 7.92. The zero-order valence-corrected chi connectivity index (χ0v) is 16.4. The fraction of sp³-hybridized carbons (Fsp3) is 0.632. The van der Waals surface area contributed by atoms with Crippen LogP contribution in [0, 0.1) is 5.82 Å². The van der Waals surface area contributed by atoms with Gasteiger partial charge in [0.05, 0.1) is 13.1 Å². The Morgan fingerprint density at radius 2 is 2.00 bits per heavy atom. The fourth-order valence-corrected chi connectivity index (χ4v) is 3.19. The van der Waals surface area contributed by atoms with Gasteiger partial charge in [0.15, 0.2) is 5.96 Å². The molecule has 1 aromatic carbocycles. The molecule has 0 radical (unpaired) electrons. The Hall–Kier alpha value is -2.03.